The van der Waals surface area contributed by atoms with Crippen molar-refractivity contribution >= 4 is 21.4 Å². The van der Waals surface area contributed by atoms with Crippen LogP contribution in [0.2, 0.25) is 0 Å². The molecule has 0 saturated carbocycles. The van der Waals surface area contributed by atoms with Crippen LogP contribution in [0.3, 0.4) is 0 Å². The third kappa shape index (κ3) is 3.39. The lowest BCUT2D eigenvalue weighted by Gasteiger charge is -2.20. The van der Waals surface area contributed by atoms with Crippen LogP contribution in [0, 0.1) is 6.92 Å². The number of aromatic amines is 1. The van der Waals surface area contributed by atoms with Crippen molar-refractivity contribution in [3.8, 4) is 0 Å². The van der Waals surface area contributed by atoms with E-state index in [9.17, 15) is 13.2 Å². The van der Waals surface area contributed by atoms with Crippen molar-refractivity contribution in [3.05, 3.63) is 15.4 Å². The van der Waals surface area contributed by atoms with Crippen LogP contribution in [0.15, 0.2) is 9.00 Å². The number of aryl methyl sites for hydroxylation is 1. The number of H-pyrrole nitrogens is 1. The third-order valence-electron chi connectivity index (χ3n) is 2.25. The molecule has 1 aromatic rings. The van der Waals surface area contributed by atoms with Crippen molar-refractivity contribution in [1.29, 1.82) is 0 Å². The van der Waals surface area contributed by atoms with Gasteiger partial charge in [0.2, 0.25) is 0 Å². The molecular formula is C9H16N2O5S2. The maximum Gasteiger partial charge on any atom is 0.305 e. The van der Waals surface area contributed by atoms with Gasteiger partial charge < -0.3 is 14.8 Å². The molecule has 7 nitrogen and oxygen atoms in total. The summed E-state index contributed by atoms with van der Waals surface area (Å²) in [6.07, 6.45) is 0. The molecular weight excluding hydrogens is 280 g/mol. The Bertz CT molecular complexity index is 533. The van der Waals surface area contributed by atoms with Gasteiger partial charge in [-0.2, -0.15) is 4.31 Å². The summed E-state index contributed by atoms with van der Waals surface area (Å²) in [5.74, 6) is 0. The zero-order valence-electron chi connectivity index (χ0n) is 10.2. The molecule has 0 aliphatic heterocycles. The second-order valence-corrected chi connectivity index (χ2v) is 6.66. The molecule has 0 unspecified atom stereocenters. The van der Waals surface area contributed by atoms with Crippen molar-refractivity contribution in [2.45, 2.75) is 11.1 Å². The number of methoxy groups -OCH3 is 1. The molecule has 9 heteroatoms. The van der Waals surface area contributed by atoms with Crippen molar-refractivity contribution in [1.82, 2.24) is 9.29 Å². The molecule has 1 heterocycles. The summed E-state index contributed by atoms with van der Waals surface area (Å²) in [4.78, 5) is 13.2. The van der Waals surface area contributed by atoms with Gasteiger partial charge in [0.25, 0.3) is 10.0 Å². The molecule has 0 saturated heterocycles. The molecule has 104 valence electrons. The monoisotopic (exact) mass is 296 g/mol. The van der Waals surface area contributed by atoms with Gasteiger partial charge in [0.1, 0.15) is 0 Å². The van der Waals surface area contributed by atoms with E-state index >= 15 is 0 Å². The van der Waals surface area contributed by atoms with Crippen molar-refractivity contribution in [2.24, 2.45) is 0 Å². The summed E-state index contributed by atoms with van der Waals surface area (Å²) in [6.45, 7) is 1.55. The first kappa shape index (κ1) is 15.3. The Morgan fingerprint density at radius 3 is 2.56 bits per heavy atom. The molecule has 18 heavy (non-hydrogen) atoms. The van der Waals surface area contributed by atoms with Gasteiger partial charge in [-0.3, -0.25) is 4.79 Å². The van der Waals surface area contributed by atoms with E-state index in [1.54, 1.807) is 0 Å². The Morgan fingerprint density at radius 1 is 1.44 bits per heavy atom. The van der Waals surface area contributed by atoms with Crippen LogP contribution >= 0.6 is 11.3 Å². The van der Waals surface area contributed by atoms with Crippen molar-refractivity contribution in [3.63, 3.8) is 0 Å². The quantitative estimate of drug-likeness (QED) is 0.698. The normalized spacial score (nSPS) is 12.2. The maximum absolute atomic E-state index is 12.3. The van der Waals surface area contributed by atoms with Gasteiger partial charge in [-0.1, -0.05) is 11.3 Å². The summed E-state index contributed by atoms with van der Waals surface area (Å²) in [5.41, 5.74) is 0.311. The summed E-state index contributed by atoms with van der Waals surface area (Å²) in [7, 11) is -2.30. The fourth-order valence-electron chi connectivity index (χ4n) is 1.41. The van der Waals surface area contributed by atoms with Gasteiger partial charge >= 0.3 is 4.87 Å². The standard InChI is InChI=1S/C9H16N2O5S2/c1-7-8(17-9(13)10-7)18(14,15)11(3-5-12)4-6-16-2/h12H,3-6H2,1-2H3,(H,10,13). The highest BCUT2D eigenvalue weighted by Crippen LogP contribution is 2.20. The summed E-state index contributed by atoms with van der Waals surface area (Å²) < 4.78 is 30.5. The first-order chi connectivity index (χ1) is 8.43. The van der Waals surface area contributed by atoms with E-state index < -0.39 is 14.9 Å². The molecule has 0 amide bonds. The van der Waals surface area contributed by atoms with E-state index in [0.29, 0.717) is 17.0 Å². The predicted molar refractivity (Wildman–Crippen MR) is 67.4 cm³/mol. The van der Waals surface area contributed by atoms with E-state index in [1.807, 2.05) is 0 Å². The molecule has 1 rings (SSSR count). The lowest BCUT2D eigenvalue weighted by atomic mass is 10.6. The Morgan fingerprint density at radius 2 is 2.11 bits per heavy atom. The zero-order valence-corrected chi connectivity index (χ0v) is 11.8. The number of aliphatic hydroxyl groups is 1. The SMILES string of the molecule is COCCN(CCO)S(=O)(=O)c1sc(=O)[nH]c1C. The van der Waals surface area contributed by atoms with E-state index in [1.165, 1.54) is 14.0 Å². The molecule has 1 aromatic heterocycles. The van der Waals surface area contributed by atoms with Gasteiger partial charge in [-0.05, 0) is 6.92 Å². The largest absolute Gasteiger partial charge is 0.395 e. The lowest BCUT2D eigenvalue weighted by Crippen LogP contribution is -2.36. The summed E-state index contributed by atoms with van der Waals surface area (Å²) in [6, 6.07) is 0. The number of hydrogen-bond acceptors (Lipinski definition) is 6. The Hall–Kier alpha value is -0.740. The fraction of sp³-hybridized carbons (Fsp3) is 0.667. The van der Waals surface area contributed by atoms with E-state index in [4.69, 9.17) is 9.84 Å². The van der Waals surface area contributed by atoms with Gasteiger partial charge in [0.15, 0.2) is 4.21 Å². The minimum atomic E-state index is -3.76. The second kappa shape index (κ2) is 6.43. The maximum atomic E-state index is 12.3. The molecule has 0 radical (unpaired) electrons. The number of thiazole rings is 1. The third-order valence-corrected chi connectivity index (χ3v) is 5.73. The van der Waals surface area contributed by atoms with Crippen LogP contribution in [0.1, 0.15) is 5.69 Å². The highest BCUT2D eigenvalue weighted by molar-refractivity contribution is 7.91. The van der Waals surface area contributed by atoms with Crippen molar-refractivity contribution in [2.75, 3.05) is 33.4 Å². The van der Waals surface area contributed by atoms with Gasteiger partial charge in [0, 0.05) is 25.9 Å². The first-order valence-electron chi connectivity index (χ1n) is 5.23. The van der Waals surface area contributed by atoms with Crippen molar-refractivity contribution < 1.29 is 18.3 Å². The Labute approximate surface area is 109 Å². The average molecular weight is 296 g/mol. The minimum Gasteiger partial charge on any atom is -0.395 e. The number of nitrogens with zero attached hydrogens (tertiary/aromatic N) is 1. The summed E-state index contributed by atoms with van der Waals surface area (Å²) in [5, 5.41) is 8.91. The smallest absolute Gasteiger partial charge is 0.305 e. The molecule has 0 aliphatic carbocycles. The Balaban J connectivity index is 3.08. The number of rotatable bonds is 7. The highest BCUT2D eigenvalue weighted by Gasteiger charge is 2.27. The van der Waals surface area contributed by atoms with Crippen LogP contribution in [0.25, 0.3) is 0 Å². The second-order valence-electron chi connectivity index (χ2n) is 3.55. The molecule has 0 atom stereocenters. The fourth-order valence-corrected chi connectivity index (χ4v) is 4.26. The van der Waals surface area contributed by atoms with E-state index in [0.717, 1.165) is 4.31 Å². The van der Waals surface area contributed by atoms with Crippen LogP contribution in [0.5, 0.6) is 0 Å². The van der Waals surface area contributed by atoms with Crippen LogP contribution in [0.4, 0.5) is 0 Å². The number of aromatic nitrogens is 1. The van der Waals surface area contributed by atoms with Crippen LogP contribution in [-0.4, -0.2) is 56.2 Å². The summed E-state index contributed by atoms with van der Waals surface area (Å²) >= 11 is 0.646. The van der Waals surface area contributed by atoms with E-state index in [2.05, 4.69) is 4.98 Å². The minimum absolute atomic E-state index is 0.0166. The highest BCUT2D eigenvalue weighted by atomic mass is 32.2. The Kier molecular flexibility index (Phi) is 5.47. The molecule has 0 spiro atoms. The zero-order chi connectivity index (χ0) is 13.8. The predicted octanol–water partition coefficient (Wildman–Crippen LogP) is -0.626. The van der Waals surface area contributed by atoms with Crippen LogP contribution < -0.4 is 4.87 Å². The first-order valence-corrected chi connectivity index (χ1v) is 7.48. The van der Waals surface area contributed by atoms with Gasteiger partial charge in [-0.15, -0.1) is 0 Å². The number of nitrogens with one attached hydrogen (secondary N) is 1. The molecule has 0 fully saturated rings. The lowest BCUT2D eigenvalue weighted by molar-refractivity contribution is 0.168. The number of aliphatic hydroxyl groups excluding tert-OH is 1. The number of sulfonamides is 1. The van der Waals surface area contributed by atoms with Gasteiger partial charge in [0.05, 0.1) is 13.2 Å². The number of ether oxygens (including phenoxy) is 1. The molecule has 0 aromatic carbocycles. The number of hydrogen-bond donors (Lipinski definition) is 2. The average Bonchev–Trinajstić information content (AvgIpc) is 2.64. The van der Waals surface area contributed by atoms with E-state index in [-0.39, 0.29) is 30.5 Å². The van der Waals surface area contributed by atoms with Crippen LogP contribution in [-0.2, 0) is 14.8 Å². The molecule has 0 bridgehead atoms. The molecule has 2 N–H and O–H groups in total. The molecule has 0 aliphatic rings. The topological polar surface area (TPSA) is 99.7 Å². The van der Waals surface area contributed by atoms with Gasteiger partial charge in [-0.25, -0.2) is 8.42 Å².